The highest BCUT2D eigenvalue weighted by atomic mass is 35.5. The second-order valence-electron chi connectivity index (χ2n) is 5.16. The summed E-state index contributed by atoms with van der Waals surface area (Å²) >= 11 is 5.81. The summed E-state index contributed by atoms with van der Waals surface area (Å²) in [5.41, 5.74) is 3.27. The van der Waals surface area contributed by atoms with Gasteiger partial charge in [-0.1, -0.05) is 74.9 Å². The number of rotatable bonds is 5. The number of hydrogen-bond acceptors (Lipinski definition) is 1. The first-order valence-corrected chi connectivity index (χ1v) is 7.36. The molecule has 0 saturated heterocycles. The summed E-state index contributed by atoms with van der Waals surface area (Å²) in [7, 11) is 0. The molecule has 0 aliphatic carbocycles. The van der Waals surface area contributed by atoms with Gasteiger partial charge < -0.3 is 0 Å². The molecule has 20 heavy (non-hydrogen) atoms. The van der Waals surface area contributed by atoms with Crippen molar-refractivity contribution in [3.05, 3.63) is 60.2 Å². The quantitative estimate of drug-likeness (QED) is 0.686. The molecule has 2 rings (SSSR count). The Hall–Kier alpha value is -1.60. The molecule has 0 aromatic heterocycles. The molecule has 2 heteroatoms. The third-order valence-corrected chi connectivity index (χ3v) is 4.05. The average molecular weight is 287 g/mol. The molecule has 2 atom stereocenters. The van der Waals surface area contributed by atoms with Crippen LogP contribution in [0.15, 0.2) is 54.6 Å². The van der Waals surface area contributed by atoms with Gasteiger partial charge in [0.15, 0.2) is 0 Å². The van der Waals surface area contributed by atoms with Crippen LogP contribution < -0.4 is 0 Å². The maximum absolute atomic E-state index is 11.8. The molecule has 0 radical (unpaired) electrons. The molecule has 0 bridgehead atoms. The first-order chi connectivity index (χ1) is 9.63. The first kappa shape index (κ1) is 14.8. The third kappa shape index (κ3) is 3.29. The van der Waals surface area contributed by atoms with Crippen molar-refractivity contribution in [1.29, 1.82) is 0 Å². The van der Waals surface area contributed by atoms with E-state index in [1.165, 1.54) is 0 Å². The second-order valence-corrected chi connectivity index (χ2v) is 5.53. The largest absolute Gasteiger partial charge is 0.281 e. The summed E-state index contributed by atoms with van der Waals surface area (Å²) in [5.74, 6) is 0.0105. The fourth-order valence-electron chi connectivity index (χ4n) is 2.46. The van der Waals surface area contributed by atoms with Crippen molar-refractivity contribution in [3.63, 3.8) is 0 Å². The highest BCUT2D eigenvalue weighted by Gasteiger charge is 2.24. The van der Waals surface area contributed by atoms with E-state index in [-0.39, 0.29) is 17.1 Å². The van der Waals surface area contributed by atoms with Crippen LogP contribution in [0.5, 0.6) is 0 Å². The molecule has 0 aliphatic rings. The van der Waals surface area contributed by atoms with Gasteiger partial charge >= 0.3 is 0 Å². The van der Waals surface area contributed by atoms with E-state index in [0.717, 1.165) is 23.1 Å². The number of carbonyl (C=O) groups excluding carboxylic acids is 1. The summed E-state index contributed by atoms with van der Waals surface area (Å²) in [5, 5.41) is -0.274. The van der Waals surface area contributed by atoms with E-state index in [1.54, 1.807) is 0 Å². The predicted molar refractivity (Wildman–Crippen MR) is 84.9 cm³/mol. The van der Waals surface area contributed by atoms with Crippen molar-refractivity contribution in [1.82, 2.24) is 0 Å². The monoisotopic (exact) mass is 286 g/mol. The van der Waals surface area contributed by atoms with Crippen LogP contribution in [0.1, 0.15) is 31.7 Å². The van der Waals surface area contributed by atoms with Gasteiger partial charge in [-0.05, 0) is 34.2 Å². The fraction of sp³-hybridized carbons (Fsp3) is 0.278. The van der Waals surface area contributed by atoms with Crippen molar-refractivity contribution >= 4 is 16.8 Å². The minimum absolute atomic E-state index is 0.231. The van der Waals surface area contributed by atoms with E-state index in [2.05, 4.69) is 38.1 Å². The third-order valence-electron chi connectivity index (χ3n) is 3.81. The van der Waals surface area contributed by atoms with Crippen LogP contribution in [-0.2, 0) is 4.79 Å². The van der Waals surface area contributed by atoms with Gasteiger partial charge in [-0.15, -0.1) is 0 Å². The zero-order valence-corrected chi connectivity index (χ0v) is 12.6. The Morgan fingerprint density at radius 1 is 1.05 bits per heavy atom. The average Bonchev–Trinajstić information content (AvgIpc) is 2.48. The first-order valence-electron chi connectivity index (χ1n) is 6.98. The van der Waals surface area contributed by atoms with Crippen molar-refractivity contribution in [2.45, 2.75) is 26.2 Å². The maximum Gasteiger partial charge on any atom is 0.229 e. The van der Waals surface area contributed by atoms with Gasteiger partial charge in [-0.2, -0.15) is 0 Å². The normalized spacial score (nSPS) is 13.8. The lowest BCUT2D eigenvalue weighted by atomic mass is 9.85. The fourth-order valence-corrected chi connectivity index (χ4v) is 2.80. The lowest BCUT2D eigenvalue weighted by Gasteiger charge is -2.20. The molecule has 104 valence electrons. The minimum Gasteiger partial charge on any atom is -0.281 e. The zero-order chi connectivity index (χ0) is 14.5. The molecule has 0 saturated carbocycles. The Bertz CT molecular complexity index is 577. The number of hydrogen-bond donors (Lipinski definition) is 0. The molecule has 0 aliphatic heterocycles. The van der Waals surface area contributed by atoms with Gasteiger partial charge in [0.25, 0.3) is 0 Å². The highest BCUT2D eigenvalue weighted by Crippen LogP contribution is 2.31. The van der Waals surface area contributed by atoms with Gasteiger partial charge in [0.2, 0.25) is 5.24 Å². The molecule has 0 N–H and O–H groups in total. The molecule has 1 nitrogen and oxygen atoms in total. The Kier molecular flexibility index (Phi) is 4.97. The van der Waals surface area contributed by atoms with Gasteiger partial charge in [0.05, 0.1) is 5.92 Å². The standard InChI is InChI=1S/C18H19ClO/c1-3-13(2)17(18(19)20)16-11-7-10-15(12-16)14-8-5-4-6-9-14/h4-13,17H,3H2,1-2H3. The van der Waals surface area contributed by atoms with Crippen LogP contribution in [0.25, 0.3) is 11.1 Å². The Balaban J connectivity index is 2.40. The van der Waals surface area contributed by atoms with Gasteiger partial charge in [0, 0.05) is 0 Å². The number of benzene rings is 2. The van der Waals surface area contributed by atoms with E-state index in [4.69, 9.17) is 11.6 Å². The SMILES string of the molecule is CCC(C)C(C(=O)Cl)c1cccc(-c2ccccc2)c1. The predicted octanol–water partition coefficient (Wildman–Crippen LogP) is 5.25. The van der Waals surface area contributed by atoms with Crippen LogP contribution in [-0.4, -0.2) is 5.24 Å². The molecule has 0 amide bonds. The smallest absolute Gasteiger partial charge is 0.229 e. The molecule has 2 aromatic rings. The van der Waals surface area contributed by atoms with E-state index in [0.29, 0.717) is 0 Å². The molecular formula is C18H19ClO. The summed E-state index contributed by atoms with van der Waals surface area (Å²) in [6.45, 7) is 4.15. The second kappa shape index (κ2) is 6.71. The lowest BCUT2D eigenvalue weighted by Crippen LogP contribution is -2.15. The van der Waals surface area contributed by atoms with Crippen LogP contribution >= 0.6 is 11.6 Å². The zero-order valence-electron chi connectivity index (χ0n) is 11.8. The number of carbonyl (C=O) groups is 1. The number of halogens is 1. The highest BCUT2D eigenvalue weighted by molar-refractivity contribution is 6.64. The van der Waals surface area contributed by atoms with Crippen LogP contribution in [0.4, 0.5) is 0 Å². The summed E-state index contributed by atoms with van der Waals surface area (Å²) in [6.07, 6.45) is 0.929. The Morgan fingerprint density at radius 3 is 2.30 bits per heavy atom. The van der Waals surface area contributed by atoms with Crippen LogP contribution in [0, 0.1) is 5.92 Å². The molecule has 0 heterocycles. The van der Waals surface area contributed by atoms with Crippen LogP contribution in [0.2, 0.25) is 0 Å². The van der Waals surface area contributed by atoms with Crippen LogP contribution in [0.3, 0.4) is 0 Å². The van der Waals surface area contributed by atoms with Crippen molar-refractivity contribution in [3.8, 4) is 11.1 Å². The van der Waals surface area contributed by atoms with E-state index >= 15 is 0 Å². The van der Waals surface area contributed by atoms with Gasteiger partial charge in [0.1, 0.15) is 0 Å². The Labute approximate surface area is 125 Å². The van der Waals surface area contributed by atoms with Gasteiger partial charge in [-0.25, -0.2) is 0 Å². The molecule has 0 fully saturated rings. The summed E-state index contributed by atoms with van der Waals surface area (Å²) < 4.78 is 0. The van der Waals surface area contributed by atoms with E-state index in [9.17, 15) is 4.79 Å². The van der Waals surface area contributed by atoms with Crippen molar-refractivity contribution in [2.75, 3.05) is 0 Å². The minimum atomic E-state index is -0.274. The molecular weight excluding hydrogens is 268 g/mol. The van der Waals surface area contributed by atoms with Crippen molar-refractivity contribution < 1.29 is 4.79 Å². The Morgan fingerprint density at radius 2 is 1.70 bits per heavy atom. The summed E-state index contributed by atoms with van der Waals surface area (Å²) in [4.78, 5) is 11.8. The maximum atomic E-state index is 11.8. The van der Waals surface area contributed by atoms with E-state index < -0.39 is 0 Å². The lowest BCUT2D eigenvalue weighted by molar-refractivity contribution is -0.114. The van der Waals surface area contributed by atoms with Gasteiger partial charge in [-0.3, -0.25) is 4.79 Å². The van der Waals surface area contributed by atoms with E-state index in [1.807, 2.05) is 30.3 Å². The molecule has 0 spiro atoms. The van der Waals surface area contributed by atoms with Crippen molar-refractivity contribution in [2.24, 2.45) is 5.92 Å². The topological polar surface area (TPSA) is 17.1 Å². The summed E-state index contributed by atoms with van der Waals surface area (Å²) in [6, 6.07) is 18.3. The molecule has 2 aromatic carbocycles. The molecule has 2 unspecified atom stereocenters.